The zero-order chi connectivity index (χ0) is 18.1. The van der Waals surface area contributed by atoms with Gasteiger partial charge in [0.1, 0.15) is 0 Å². The van der Waals surface area contributed by atoms with Gasteiger partial charge in [0.2, 0.25) is 0 Å². The molecule has 0 aliphatic heterocycles. The Kier molecular flexibility index (Phi) is 4.83. The highest BCUT2D eigenvalue weighted by Gasteiger charge is 2.23. The monoisotopic (exact) mass is 385 g/mol. The van der Waals surface area contributed by atoms with E-state index in [9.17, 15) is 4.79 Å². The number of nitrogens with zero attached hydrogens (tertiary/aromatic N) is 2. The fourth-order valence-electron chi connectivity index (χ4n) is 3.56. The Balaban J connectivity index is 1.59. The van der Waals surface area contributed by atoms with E-state index >= 15 is 0 Å². The average molecular weight is 386 g/mol. The van der Waals surface area contributed by atoms with Crippen LogP contribution < -0.4 is 5.32 Å². The van der Waals surface area contributed by atoms with Crippen molar-refractivity contribution < 1.29 is 4.79 Å². The number of carbonyl (C=O) groups is 1. The van der Waals surface area contributed by atoms with E-state index in [-0.39, 0.29) is 11.9 Å². The van der Waals surface area contributed by atoms with E-state index in [0.717, 1.165) is 34.2 Å². The van der Waals surface area contributed by atoms with Gasteiger partial charge in [-0.05, 0) is 55.5 Å². The van der Waals surface area contributed by atoms with Crippen LogP contribution in [0.5, 0.6) is 0 Å². The normalized spacial score (nSPS) is 16.3. The second-order valence-corrected chi connectivity index (χ2v) is 8.17. The fourth-order valence-corrected chi connectivity index (χ4v) is 4.62. The predicted molar refractivity (Wildman–Crippen MR) is 106 cm³/mol. The van der Waals surface area contributed by atoms with Crippen LogP contribution >= 0.6 is 22.9 Å². The maximum absolute atomic E-state index is 12.8. The summed E-state index contributed by atoms with van der Waals surface area (Å²) in [4.78, 5) is 13.9. The lowest BCUT2D eigenvalue weighted by molar-refractivity contribution is 0.0927. The first-order valence-electron chi connectivity index (χ1n) is 8.88. The van der Waals surface area contributed by atoms with Gasteiger partial charge in [-0.1, -0.05) is 35.9 Å². The molecule has 1 atom stereocenters. The molecule has 0 fully saturated rings. The Labute approximate surface area is 161 Å². The third-order valence-corrected chi connectivity index (χ3v) is 6.07. The number of hydrogen-bond acceptors (Lipinski definition) is 3. The van der Waals surface area contributed by atoms with Crippen LogP contribution in [-0.4, -0.2) is 15.7 Å². The van der Waals surface area contributed by atoms with E-state index < -0.39 is 0 Å². The van der Waals surface area contributed by atoms with Crippen LogP contribution in [0, 0.1) is 0 Å². The highest BCUT2D eigenvalue weighted by Crippen LogP contribution is 2.32. The zero-order valence-electron chi connectivity index (χ0n) is 14.5. The molecule has 3 aromatic rings. The van der Waals surface area contributed by atoms with Gasteiger partial charge in [0.25, 0.3) is 5.91 Å². The molecule has 0 bridgehead atoms. The Morgan fingerprint density at radius 3 is 2.96 bits per heavy atom. The number of benzene rings is 1. The molecule has 1 N–H and O–H groups in total. The second kappa shape index (κ2) is 7.25. The molecule has 26 heavy (non-hydrogen) atoms. The highest BCUT2D eigenvalue weighted by molar-refractivity contribution is 7.19. The van der Waals surface area contributed by atoms with Gasteiger partial charge in [0.05, 0.1) is 20.9 Å². The molecular weight excluding hydrogens is 366 g/mol. The molecule has 0 spiro atoms. The van der Waals surface area contributed by atoms with Crippen LogP contribution in [0.4, 0.5) is 0 Å². The summed E-state index contributed by atoms with van der Waals surface area (Å²) in [5, 5.41) is 7.68. The van der Waals surface area contributed by atoms with Crippen LogP contribution in [0.3, 0.4) is 0 Å². The molecular formula is C20H20ClN3OS. The Hall–Kier alpha value is -2.11. The van der Waals surface area contributed by atoms with Crippen molar-refractivity contribution in [1.29, 1.82) is 0 Å². The van der Waals surface area contributed by atoms with E-state index in [1.54, 1.807) is 0 Å². The summed E-state index contributed by atoms with van der Waals surface area (Å²) in [6.45, 7) is 2.72. The van der Waals surface area contributed by atoms with Crippen molar-refractivity contribution in [3.8, 4) is 10.6 Å². The van der Waals surface area contributed by atoms with Gasteiger partial charge in [0.15, 0.2) is 5.69 Å². The SMILES string of the molecule is CCn1nc(C(=O)N[C@@H]2CCCc3ccccc32)cc1-c1ccc(Cl)s1. The molecule has 2 heterocycles. The summed E-state index contributed by atoms with van der Waals surface area (Å²) in [6.07, 6.45) is 3.13. The van der Waals surface area contributed by atoms with E-state index in [1.807, 2.05) is 35.9 Å². The van der Waals surface area contributed by atoms with E-state index in [1.165, 1.54) is 22.5 Å². The minimum Gasteiger partial charge on any atom is -0.344 e. The highest BCUT2D eigenvalue weighted by atomic mass is 35.5. The Bertz CT molecular complexity index is 946. The lowest BCUT2D eigenvalue weighted by atomic mass is 9.87. The molecule has 1 aliphatic carbocycles. The largest absolute Gasteiger partial charge is 0.344 e. The first kappa shape index (κ1) is 17.3. The molecule has 0 radical (unpaired) electrons. The van der Waals surface area contributed by atoms with Gasteiger partial charge >= 0.3 is 0 Å². The summed E-state index contributed by atoms with van der Waals surface area (Å²) in [7, 11) is 0. The summed E-state index contributed by atoms with van der Waals surface area (Å²) >= 11 is 7.56. The molecule has 1 aromatic carbocycles. The van der Waals surface area contributed by atoms with Crippen LogP contribution in [-0.2, 0) is 13.0 Å². The van der Waals surface area contributed by atoms with Gasteiger partial charge in [-0.25, -0.2) is 0 Å². The average Bonchev–Trinajstić information content (AvgIpc) is 3.28. The number of hydrogen-bond donors (Lipinski definition) is 1. The Morgan fingerprint density at radius 2 is 2.19 bits per heavy atom. The molecule has 4 nitrogen and oxygen atoms in total. The number of rotatable bonds is 4. The second-order valence-electron chi connectivity index (χ2n) is 6.45. The van der Waals surface area contributed by atoms with Gasteiger partial charge in [-0.3, -0.25) is 9.48 Å². The van der Waals surface area contributed by atoms with Crippen molar-refractivity contribution in [3.63, 3.8) is 0 Å². The number of carbonyl (C=O) groups excluding carboxylic acids is 1. The number of halogens is 1. The summed E-state index contributed by atoms with van der Waals surface area (Å²) < 4.78 is 2.58. The zero-order valence-corrected chi connectivity index (χ0v) is 16.1. The molecule has 4 rings (SSSR count). The summed E-state index contributed by atoms with van der Waals surface area (Å²) in [5.74, 6) is -0.122. The van der Waals surface area contributed by atoms with E-state index in [2.05, 4.69) is 28.6 Å². The van der Waals surface area contributed by atoms with E-state index in [0.29, 0.717) is 12.2 Å². The number of nitrogens with one attached hydrogen (secondary N) is 1. The predicted octanol–water partition coefficient (Wildman–Crippen LogP) is 5.09. The van der Waals surface area contributed by atoms with Gasteiger partial charge in [-0.2, -0.15) is 5.10 Å². The minimum absolute atomic E-state index is 0.0545. The summed E-state index contributed by atoms with van der Waals surface area (Å²) in [6, 6.07) is 14.1. The fraction of sp³-hybridized carbons (Fsp3) is 0.300. The van der Waals surface area contributed by atoms with E-state index in [4.69, 9.17) is 11.6 Å². The summed E-state index contributed by atoms with van der Waals surface area (Å²) in [5.41, 5.74) is 3.94. The van der Waals surface area contributed by atoms with Crippen LogP contribution in [0.15, 0.2) is 42.5 Å². The first-order valence-corrected chi connectivity index (χ1v) is 10.1. The quantitative estimate of drug-likeness (QED) is 0.679. The van der Waals surface area contributed by atoms with Crippen LogP contribution in [0.2, 0.25) is 4.34 Å². The van der Waals surface area contributed by atoms with Gasteiger partial charge in [-0.15, -0.1) is 11.3 Å². The van der Waals surface area contributed by atoms with Gasteiger partial charge < -0.3 is 5.32 Å². The minimum atomic E-state index is -0.122. The van der Waals surface area contributed by atoms with Gasteiger partial charge in [0, 0.05) is 6.54 Å². The molecule has 134 valence electrons. The first-order chi connectivity index (χ1) is 12.7. The number of fused-ring (bicyclic) bond motifs is 1. The van der Waals surface area contributed by atoms with Crippen molar-refractivity contribution in [2.24, 2.45) is 0 Å². The Morgan fingerprint density at radius 1 is 1.35 bits per heavy atom. The molecule has 1 amide bonds. The number of thiophene rings is 1. The maximum atomic E-state index is 12.8. The van der Waals surface area contributed by atoms with Crippen molar-refractivity contribution in [2.45, 2.75) is 38.8 Å². The molecule has 6 heteroatoms. The molecule has 2 aromatic heterocycles. The molecule has 0 saturated heterocycles. The maximum Gasteiger partial charge on any atom is 0.272 e. The third kappa shape index (κ3) is 3.29. The van der Waals surface area contributed by atoms with Crippen LogP contribution in [0.1, 0.15) is 47.4 Å². The topological polar surface area (TPSA) is 46.9 Å². The standard InChI is InChI=1S/C20H20ClN3OS/c1-2-24-17(18-10-11-19(21)26-18)12-16(23-24)20(25)22-15-9-5-7-13-6-3-4-8-14(13)15/h3-4,6,8,10-12,15H,2,5,7,9H2,1H3,(H,22,25)/t15-/m1/s1. The molecule has 1 aliphatic rings. The number of aryl methyl sites for hydroxylation is 2. The van der Waals surface area contributed by atoms with Crippen LogP contribution in [0.25, 0.3) is 10.6 Å². The molecule has 0 saturated carbocycles. The lowest BCUT2D eigenvalue weighted by Gasteiger charge is -2.26. The molecule has 0 unspecified atom stereocenters. The number of aromatic nitrogens is 2. The number of amides is 1. The van der Waals surface area contributed by atoms with Crippen molar-refractivity contribution in [2.75, 3.05) is 0 Å². The lowest BCUT2D eigenvalue weighted by Crippen LogP contribution is -2.31. The smallest absolute Gasteiger partial charge is 0.272 e. The van der Waals surface area contributed by atoms with Crippen molar-refractivity contribution in [3.05, 3.63) is 63.6 Å². The van der Waals surface area contributed by atoms with Crippen molar-refractivity contribution >= 4 is 28.8 Å². The third-order valence-electron chi connectivity index (χ3n) is 4.81. The van der Waals surface area contributed by atoms with Crippen molar-refractivity contribution in [1.82, 2.24) is 15.1 Å².